The molecule has 1 N–H and O–H groups in total. The van der Waals surface area contributed by atoms with Gasteiger partial charge in [-0.05, 0) is 29.3 Å². The summed E-state index contributed by atoms with van der Waals surface area (Å²) < 4.78 is 28.2. The second kappa shape index (κ2) is 9.93. The number of hydrogen-bond donors (Lipinski definition) is 1. The van der Waals surface area contributed by atoms with Crippen molar-refractivity contribution in [1.29, 1.82) is 0 Å². The van der Waals surface area contributed by atoms with E-state index in [1.807, 2.05) is 39.1 Å². The molecule has 0 aliphatic carbocycles. The number of thiazole rings is 1. The van der Waals surface area contributed by atoms with Gasteiger partial charge in [-0.1, -0.05) is 45.1 Å². The van der Waals surface area contributed by atoms with E-state index in [-0.39, 0.29) is 18.1 Å². The number of nitrogens with zero attached hydrogens (tertiary/aromatic N) is 1. The number of rotatable bonds is 9. The number of nitrogens with one attached hydrogen (secondary N) is 1. The number of carbonyl (C=O) groups excluding carboxylic acids is 1. The van der Waals surface area contributed by atoms with E-state index >= 15 is 4.39 Å². The fraction of sp³-hybridized carbons (Fsp3) is 0.333. The molecule has 0 radical (unpaired) electrons. The van der Waals surface area contributed by atoms with Gasteiger partial charge >= 0.3 is 0 Å². The first-order valence-electron chi connectivity index (χ1n) is 10.0. The van der Waals surface area contributed by atoms with Crippen molar-refractivity contribution < 1.29 is 18.0 Å². The fourth-order valence-electron chi connectivity index (χ4n) is 3.42. The van der Waals surface area contributed by atoms with Crippen LogP contribution in [0.5, 0.6) is 0 Å². The van der Waals surface area contributed by atoms with Crippen LogP contribution in [0.3, 0.4) is 0 Å². The van der Waals surface area contributed by atoms with Gasteiger partial charge in [0.1, 0.15) is 12.1 Å². The average Bonchev–Trinajstić information content (AvgIpc) is 3.17. The highest BCUT2D eigenvalue weighted by Gasteiger charge is 2.35. The lowest BCUT2D eigenvalue weighted by molar-refractivity contribution is -0.115. The summed E-state index contributed by atoms with van der Waals surface area (Å²) in [5.74, 6) is -0.637. The van der Waals surface area contributed by atoms with Crippen LogP contribution in [-0.2, 0) is 25.5 Å². The molecule has 0 spiro atoms. The third kappa shape index (κ3) is 5.04. The molecule has 0 saturated heterocycles. The van der Waals surface area contributed by atoms with Gasteiger partial charge < -0.3 is 14.2 Å². The summed E-state index contributed by atoms with van der Waals surface area (Å²) in [6.45, 7) is 7.92. The number of aromatic nitrogens is 1. The van der Waals surface area contributed by atoms with Gasteiger partial charge in [0.25, 0.3) is 0 Å². The van der Waals surface area contributed by atoms with Gasteiger partial charge in [0.2, 0.25) is 5.91 Å². The summed E-state index contributed by atoms with van der Waals surface area (Å²) in [4.78, 5) is 16.8. The van der Waals surface area contributed by atoms with Gasteiger partial charge in [0, 0.05) is 11.1 Å². The van der Waals surface area contributed by atoms with Crippen molar-refractivity contribution in [3.63, 3.8) is 0 Å². The molecule has 0 aliphatic heterocycles. The third-order valence-corrected chi connectivity index (χ3v) is 7.03. The maximum atomic E-state index is 15.4. The molecule has 5 nitrogen and oxygen atoms in total. The summed E-state index contributed by atoms with van der Waals surface area (Å²) in [7, 11) is -1.43. The minimum Gasteiger partial charge on any atom is -0.400 e. The molecule has 30 heavy (non-hydrogen) atoms. The topological polar surface area (TPSA) is 60.5 Å². The Bertz CT molecular complexity index is 1020. The standard InChI is InChI=1S/C21H27FN2O3SSi2/c1-21(2,20(26-29-3)27-30-4)15-7-5-6-13(19(15)22)10-18(25)24-14-8-9-16-17(11-14)28-12-23-16/h5-9,11-12,20H,10,29-30H2,1-4H3,(H,24,25). The van der Waals surface area contributed by atoms with E-state index in [1.165, 1.54) is 11.3 Å². The second-order valence-corrected chi connectivity index (χ2v) is 10.2. The van der Waals surface area contributed by atoms with E-state index in [2.05, 4.69) is 10.3 Å². The molecule has 1 aromatic heterocycles. The first kappa shape index (κ1) is 22.8. The lowest BCUT2D eigenvalue weighted by Gasteiger charge is -2.35. The smallest absolute Gasteiger partial charge is 0.228 e. The third-order valence-electron chi connectivity index (χ3n) is 4.96. The quantitative estimate of drug-likeness (QED) is 0.390. The van der Waals surface area contributed by atoms with Gasteiger partial charge in [-0.2, -0.15) is 0 Å². The van der Waals surface area contributed by atoms with Crippen molar-refractivity contribution >= 4 is 52.7 Å². The Morgan fingerprint density at radius 2 is 1.97 bits per heavy atom. The Balaban J connectivity index is 1.78. The van der Waals surface area contributed by atoms with Crippen LogP contribution < -0.4 is 5.32 Å². The van der Waals surface area contributed by atoms with Crippen molar-refractivity contribution in [2.45, 2.75) is 45.1 Å². The monoisotopic (exact) mass is 462 g/mol. The van der Waals surface area contributed by atoms with Crippen LogP contribution in [0.25, 0.3) is 10.2 Å². The van der Waals surface area contributed by atoms with Crippen molar-refractivity contribution in [2.24, 2.45) is 0 Å². The number of fused-ring (bicyclic) bond motifs is 1. The number of halogens is 1. The van der Waals surface area contributed by atoms with Gasteiger partial charge in [-0.3, -0.25) is 4.79 Å². The van der Waals surface area contributed by atoms with Crippen LogP contribution in [0.2, 0.25) is 13.1 Å². The Hall–Kier alpha value is -1.92. The molecule has 0 fully saturated rings. The molecular weight excluding hydrogens is 435 g/mol. The predicted molar refractivity (Wildman–Crippen MR) is 126 cm³/mol. The zero-order chi connectivity index (χ0) is 21.7. The molecule has 0 aliphatic rings. The van der Waals surface area contributed by atoms with E-state index in [0.29, 0.717) is 16.8 Å². The Morgan fingerprint density at radius 3 is 2.67 bits per heavy atom. The zero-order valence-electron chi connectivity index (χ0n) is 17.7. The number of anilines is 1. The lowest BCUT2D eigenvalue weighted by Crippen LogP contribution is -2.40. The Labute approximate surface area is 184 Å². The van der Waals surface area contributed by atoms with Crippen molar-refractivity contribution in [1.82, 2.24) is 4.98 Å². The molecule has 0 bridgehead atoms. The normalized spacial score (nSPS) is 13.6. The highest BCUT2D eigenvalue weighted by molar-refractivity contribution is 7.16. The highest BCUT2D eigenvalue weighted by atomic mass is 32.1. The first-order valence-corrected chi connectivity index (χ1v) is 14.9. The SMILES string of the molecule is C[SiH2]OC(O[SiH2]C)C(C)(C)c1cccc(CC(=O)Nc2ccc3ncsc3c2)c1F. The summed E-state index contributed by atoms with van der Waals surface area (Å²) in [6.07, 6.45) is -0.510. The largest absolute Gasteiger partial charge is 0.400 e. The van der Waals surface area contributed by atoms with Gasteiger partial charge in [0.15, 0.2) is 19.5 Å². The first-order chi connectivity index (χ1) is 14.4. The molecule has 0 atom stereocenters. The molecule has 0 unspecified atom stereocenters. The molecule has 3 aromatic rings. The molecular formula is C21H27FN2O3SSi2. The van der Waals surface area contributed by atoms with Gasteiger partial charge in [-0.25, -0.2) is 9.37 Å². The zero-order valence-corrected chi connectivity index (χ0v) is 21.3. The summed E-state index contributed by atoms with van der Waals surface area (Å²) in [5.41, 5.74) is 3.55. The van der Waals surface area contributed by atoms with Crippen LogP contribution in [0.1, 0.15) is 25.0 Å². The number of carbonyl (C=O) groups is 1. The van der Waals surface area contributed by atoms with Crippen LogP contribution in [0.15, 0.2) is 41.9 Å². The summed E-state index contributed by atoms with van der Waals surface area (Å²) in [6, 6.07) is 10.7. The molecule has 2 aromatic carbocycles. The van der Waals surface area contributed by atoms with Crippen LogP contribution in [0.4, 0.5) is 10.1 Å². The second-order valence-electron chi connectivity index (χ2n) is 7.50. The van der Waals surface area contributed by atoms with E-state index < -0.39 is 31.2 Å². The maximum Gasteiger partial charge on any atom is 0.228 e. The summed E-state index contributed by atoms with van der Waals surface area (Å²) in [5, 5.41) is 2.86. The molecule has 160 valence electrons. The molecule has 3 rings (SSSR count). The van der Waals surface area contributed by atoms with Crippen LogP contribution >= 0.6 is 11.3 Å². The maximum absolute atomic E-state index is 15.4. The van der Waals surface area contributed by atoms with Gasteiger partial charge in [0.05, 0.1) is 22.1 Å². The highest BCUT2D eigenvalue weighted by Crippen LogP contribution is 2.33. The molecule has 9 heteroatoms. The molecule has 1 heterocycles. The van der Waals surface area contributed by atoms with E-state index in [1.54, 1.807) is 29.8 Å². The minimum atomic E-state index is -0.716. The van der Waals surface area contributed by atoms with Crippen molar-refractivity contribution in [2.75, 3.05) is 5.32 Å². The molecule has 0 saturated carbocycles. The van der Waals surface area contributed by atoms with E-state index in [9.17, 15) is 4.79 Å². The number of benzene rings is 2. The Kier molecular flexibility index (Phi) is 7.53. The van der Waals surface area contributed by atoms with E-state index in [4.69, 9.17) is 8.85 Å². The summed E-state index contributed by atoms with van der Waals surface area (Å²) >= 11 is 1.51. The van der Waals surface area contributed by atoms with Crippen molar-refractivity contribution in [3.8, 4) is 0 Å². The van der Waals surface area contributed by atoms with Crippen molar-refractivity contribution in [3.05, 3.63) is 58.9 Å². The minimum absolute atomic E-state index is 0.0477. The number of hydrogen-bond acceptors (Lipinski definition) is 5. The predicted octanol–water partition coefficient (Wildman–Crippen LogP) is 3.52. The lowest BCUT2D eigenvalue weighted by atomic mass is 9.82. The average molecular weight is 463 g/mol. The molecule has 1 amide bonds. The Morgan fingerprint density at radius 1 is 1.23 bits per heavy atom. The fourth-order valence-corrected chi connectivity index (χ4v) is 5.96. The van der Waals surface area contributed by atoms with E-state index in [0.717, 1.165) is 10.2 Å². The number of amides is 1. The van der Waals surface area contributed by atoms with Gasteiger partial charge in [-0.15, -0.1) is 11.3 Å². The van der Waals surface area contributed by atoms with Crippen LogP contribution in [-0.4, -0.2) is 36.7 Å². The van der Waals surface area contributed by atoms with Crippen LogP contribution in [0, 0.1) is 5.82 Å².